The van der Waals surface area contributed by atoms with Crippen LogP contribution in [-0.2, 0) is 0 Å². The largest absolute Gasteiger partial charge is 0.271 e. The molecular formula is C13H10FN3O2. The molecule has 1 heterocycles. The highest BCUT2D eigenvalue weighted by atomic mass is 19.1. The Kier molecular flexibility index (Phi) is 3.82. The fourth-order valence-electron chi connectivity index (χ4n) is 1.36. The number of halogens is 1. The van der Waals surface area contributed by atoms with Crippen molar-refractivity contribution in [2.75, 3.05) is 0 Å². The third kappa shape index (κ3) is 3.35. The molecule has 2 N–H and O–H groups in total. The van der Waals surface area contributed by atoms with Gasteiger partial charge in [-0.15, -0.1) is 0 Å². The second-order valence-corrected chi connectivity index (χ2v) is 3.66. The highest BCUT2D eigenvalue weighted by Crippen LogP contribution is 2.02. The van der Waals surface area contributed by atoms with E-state index in [2.05, 4.69) is 15.8 Å². The van der Waals surface area contributed by atoms with Crippen molar-refractivity contribution in [3.05, 3.63) is 65.7 Å². The summed E-state index contributed by atoms with van der Waals surface area (Å²) in [4.78, 5) is 27.0. The smallest absolute Gasteiger partial charge is 0.267 e. The summed E-state index contributed by atoms with van der Waals surface area (Å²) in [7, 11) is 0. The average molecular weight is 259 g/mol. The standard InChI is InChI=1S/C13H10FN3O2/c14-11-5-3-9(4-6-11)12(18)16-17-13(19)10-2-1-7-15-8-10/h1-8H,(H,16,18)(H,17,19). The zero-order valence-electron chi connectivity index (χ0n) is 9.76. The topological polar surface area (TPSA) is 71.1 Å². The summed E-state index contributed by atoms with van der Waals surface area (Å²) in [5.74, 6) is -1.45. The summed E-state index contributed by atoms with van der Waals surface area (Å²) >= 11 is 0. The van der Waals surface area contributed by atoms with Crippen LogP contribution in [0.3, 0.4) is 0 Å². The van der Waals surface area contributed by atoms with Crippen LogP contribution >= 0.6 is 0 Å². The van der Waals surface area contributed by atoms with Crippen molar-refractivity contribution in [2.45, 2.75) is 0 Å². The normalized spacial score (nSPS) is 9.74. The molecule has 2 rings (SSSR count). The second kappa shape index (κ2) is 5.72. The number of amides is 2. The Morgan fingerprint density at radius 2 is 1.58 bits per heavy atom. The predicted molar refractivity (Wildman–Crippen MR) is 65.6 cm³/mol. The monoisotopic (exact) mass is 259 g/mol. The van der Waals surface area contributed by atoms with E-state index in [1.165, 1.54) is 24.5 Å². The van der Waals surface area contributed by atoms with E-state index in [0.717, 1.165) is 12.1 Å². The van der Waals surface area contributed by atoms with Crippen molar-refractivity contribution in [1.29, 1.82) is 0 Å². The molecule has 2 aromatic rings. The van der Waals surface area contributed by atoms with Crippen molar-refractivity contribution in [2.24, 2.45) is 0 Å². The molecular weight excluding hydrogens is 249 g/mol. The third-order valence-electron chi connectivity index (χ3n) is 2.32. The van der Waals surface area contributed by atoms with Crippen LogP contribution in [0.4, 0.5) is 4.39 Å². The Morgan fingerprint density at radius 1 is 0.947 bits per heavy atom. The number of aromatic nitrogens is 1. The zero-order chi connectivity index (χ0) is 13.7. The van der Waals surface area contributed by atoms with Crippen molar-refractivity contribution in [3.63, 3.8) is 0 Å². The number of pyridine rings is 1. The molecule has 19 heavy (non-hydrogen) atoms. The fraction of sp³-hybridized carbons (Fsp3) is 0. The molecule has 0 atom stereocenters. The number of nitrogens with zero attached hydrogens (tertiary/aromatic N) is 1. The summed E-state index contributed by atoms with van der Waals surface area (Å²) in [5, 5.41) is 0. The van der Waals surface area contributed by atoms with Gasteiger partial charge in [-0.3, -0.25) is 25.4 Å². The molecule has 0 radical (unpaired) electrons. The van der Waals surface area contributed by atoms with Gasteiger partial charge in [-0.25, -0.2) is 4.39 Å². The molecule has 0 aliphatic carbocycles. The van der Waals surface area contributed by atoms with Crippen LogP contribution in [0, 0.1) is 5.82 Å². The van der Waals surface area contributed by atoms with Crippen molar-refractivity contribution < 1.29 is 14.0 Å². The SMILES string of the molecule is O=C(NNC(=O)c1cccnc1)c1ccc(F)cc1. The zero-order valence-corrected chi connectivity index (χ0v) is 9.76. The highest BCUT2D eigenvalue weighted by Gasteiger charge is 2.08. The highest BCUT2D eigenvalue weighted by molar-refractivity contribution is 5.98. The lowest BCUT2D eigenvalue weighted by Gasteiger charge is -2.06. The molecule has 1 aromatic carbocycles. The van der Waals surface area contributed by atoms with Gasteiger partial charge in [0, 0.05) is 18.0 Å². The van der Waals surface area contributed by atoms with Gasteiger partial charge in [0.1, 0.15) is 5.82 Å². The first-order valence-electron chi connectivity index (χ1n) is 5.43. The molecule has 0 fully saturated rings. The van der Waals surface area contributed by atoms with E-state index >= 15 is 0 Å². The first-order chi connectivity index (χ1) is 9.16. The minimum Gasteiger partial charge on any atom is -0.267 e. The van der Waals surface area contributed by atoms with E-state index in [1.807, 2.05) is 0 Å². The number of hydrogen-bond donors (Lipinski definition) is 2. The van der Waals surface area contributed by atoms with Crippen LogP contribution in [-0.4, -0.2) is 16.8 Å². The van der Waals surface area contributed by atoms with Crippen molar-refractivity contribution in [3.8, 4) is 0 Å². The quantitative estimate of drug-likeness (QED) is 0.798. The first kappa shape index (κ1) is 12.7. The molecule has 1 aromatic heterocycles. The van der Waals surface area contributed by atoms with Crippen LogP contribution in [0.5, 0.6) is 0 Å². The van der Waals surface area contributed by atoms with Crippen LogP contribution in [0.15, 0.2) is 48.8 Å². The molecule has 6 heteroatoms. The summed E-state index contributed by atoms with van der Waals surface area (Å²) in [6, 6.07) is 8.14. The summed E-state index contributed by atoms with van der Waals surface area (Å²) in [6.07, 6.45) is 2.91. The first-order valence-corrected chi connectivity index (χ1v) is 5.43. The Morgan fingerprint density at radius 3 is 2.16 bits per heavy atom. The molecule has 0 spiro atoms. The minimum atomic E-state index is -0.530. The third-order valence-corrected chi connectivity index (χ3v) is 2.32. The van der Waals surface area contributed by atoms with Gasteiger partial charge >= 0.3 is 0 Å². The lowest BCUT2D eigenvalue weighted by atomic mass is 10.2. The molecule has 0 aliphatic heterocycles. The van der Waals surface area contributed by atoms with Gasteiger partial charge in [-0.1, -0.05) is 0 Å². The van der Waals surface area contributed by atoms with E-state index in [1.54, 1.807) is 12.1 Å². The van der Waals surface area contributed by atoms with E-state index in [-0.39, 0.29) is 5.56 Å². The van der Waals surface area contributed by atoms with Gasteiger partial charge in [0.2, 0.25) is 0 Å². The van der Waals surface area contributed by atoms with Gasteiger partial charge in [-0.05, 0) is 36.4 Å². The summed E-state index contributed by atoms with van der Waals surface area (Å²) in [5.41, 5.74) is 5.03. The maximum Gasteiger partial charge on any atom is 0.271 e. The maximum atomic E-state index is 12.7. The van der Waals surface area contributed by atoms with Crippen LogP contribution in [0.1, 0.15) is 20.7 Å². The van der Waals surface area contributed by atoms with Crippen molar-refractivity contribution in [1.82, 2.24) is 15.8 Å². The van der Waals surface area contributed by atoms with Gasteiger partial charge in [-0.2, -0.15) is 0 Å². The van der Waals surface area contributed by atoms with E-state index < -0.39 is 17.6 Å². The number of hydrazine groups is 1. The molecule has 0 unspecified atom stereocenters. The van der Waals surface area contributed by atoms with Gasteiger partial charge in [0.15, 0.2) is 0 Å². The molecule has 0 bridgehead atoms. The molecule has 0 saturated carbocycles. The lowest BCUT2D eigenvalue weighted by Crippen LogP contribution is -2.41. The maximum absolute atomic E-state index is 12.7. The van der Waals surface area contributed by atoms with Gasteiger partial charge in [0.05, 0.1) is 5.56 Å². The summed E-state index contributed by atoms with van der Waals surface area (Å²) < 4.78 is 12.7. The predicted octanol–water partition coefficient (Wildman–Crippen LogP) is 1.30. The lowest BCUT2D eigenvalue weighted by molar-refractivity contribution is 0.0846. The van der Waals surface area contributed by atoms with Crippen LogP contribution < -0.4 is 10.9 Å². The molecule has 2 amide bonds. The van der Waals surface area contributed by atoms with E-state index in [4.69, 9.17) is 0 Å². The van der Waals surface area contributed by atoms with Crippen molar-refractivity contribution >= 4 is 11.8 Å². The van der Waals surface area contributed by atoms with Crippen LogP contribution in [0.25, 0.3) is 0 Å². The van der Waals surface area contributed by atoms with Gasteiger partial charge < -0.3 is 0 Å². The number of carbonyl (C=O) groups excluding carboxylic acids is 2. The van der Waals surface area contributed by atoms with Gasteiger partial charge in [0.25, 0.3) is 11.8 Å². The Balaban J connectivity index is 1.94. The van der Waals surface area contributed by atoms with E-state index in [0.29, 0.717) is 5.56 Å². The number of carbonyl (C=O) groups is 2. The average Bonchev–Trinajstić information content (AvgIpc) is 2.46. The number of rotatable bonds is 2. The molecule has 0 aliphatic rings. The van der Waals surface area contributed by atoms with E-state index in [9.17, 15) is 14.0 Å². The van der Waals surface area contributed by atoms with Crippen LogP contribution in [0.2, 0.25) is 0 Å². The molecule has 0 saturated heterocycles. The summed E-state index contributed by atoms with van der Waals surface area (Å²) in [6.45, 7) is 0. The Hall–Kier alpha value is -2.76. The number of benzene rings is 1. The Labute approximate surface area is 108 Å². The second-order valence-electron chi connectivity index (χ2n) is 3.66. The Bertz CT molecular complexity index is 585. The molecule has 96 valence electrons. The number of hydrogen-bond acceptors (Lipinski definition) is 3. The number of nitrogens with one attached hydrogen (secondary N) is 2. The minimum absolute atomic E-state index is 0.243. The molecule has 5 nitrogen and oxygen atoms in total. The fourth-order valence-corrected chi connectivity index (χ4v) is 1.36.